The van der Waals surface area contributed by atoms with Crippen molar-refractivity contribution in [2.75, 3.05) is 19.6 Å². The number of aromatic nitrogens is 2. The SMILES string of the molecule is CC(C)CN(CCn1cccn1)CC(=O)O. The first-order valence-electron chi connectivity index (χ1n) is 5.49. The van der Waals surface area contributed by atoms with Crippen LogP contribution in [0.3, 0.4) is 0 Å². The van der Waals surface area contributed by atoms with Gasteiger partial charge in [-0.05, 0) is 12.0 Å². The van der Waals surface area contributed by atoms with Gasteiger partial charge in [0.25, 0.3) is 0 Å². The van der Waals surface area contributed by atoms with Crippen molar-refractivity contribution in [2.24, 2.45) is 5.92 Å². The zero-order valence-corrected chi connectivity index (χ0v) is 9.83. The summed E-state index contributed by atoms with van der Waals surface area (Å²) in [7, 11) is 0. The molecule has 0 aliphatic heterocycles. The molecule has 1 aromatic rings. The van der Waals surface area contributed by atoms with E-state index in [-0.39, 0.29) is 6.54 Å². The van der Waals surface area contributed by atoms with E-state index < -0.39 is 5.97 Å². The second-order valence-electron chi connectivity index (χ2n) is 4.29. The van der Waals surface area contributed by atoms with Crippen molar-refractivity contribution in [3.05, 3.63) is 18.5 Å². The first-order chi connectivity index (χ1) is 7.58. The molecule has 1 heterocycles. The zero-order valence-electron chi connectivity index (χ0n) is 9.83. The molecule has 0 saturated heterocycles. The molecule has 0 aliphatic rings. The predicted octanol–water partition coefficient (Wildman–Crippen LogP) is 0.926. The molecule has 5 heteroatoms. The molecule has 0 aliphatic carbocycles. The molecule has 0 aromatic carbocycles. The summed E-state index contributed by atoms with van der Waals surface area (Å²) < 4.78 is 1.81. The van der Waals surface area contributed by atoms with Crippen molar-refractivity contribution in [3.63, 3.8) is 0 Å². The van der Waals surface area contributed by atoms with E-state index in [9.17, 15) is 4.79 Å². The highest BCUT2D eigenvalue weighted by molar-refractivity contribution is 5.69. The van der Waals surface area contributed by atoms with Crippen LogP contribution in [0.15, 0.2) is 18.5 Å². The summed E-state index contributed by atoms with van der Waals surface area (Å²) in [5.74, 6) is -0.307. The summed E-state index contributed by atoms with van der Waals surface area (Å²) in [5, 5.41) is 12.9. The van der Waals surface area contributed by atoms with Gasteiger partial charge < -0.3 is 5.11 Å². The van der Waals surface area contributed by atoms with E-state index in [1.807, 2.05) is 21.8 Å². The highest BCUT2D eigenvalue weighted by atomic mass is 16.4. The number of carbonyl (C=O) groups is 1. The van der Waals surface area contributed by atoms with E-state index in [1.54, 1.807) is 6.20 Å². The number of rotatable bonds is 7. The van der Waals surface area contributed by atoms with Crippen LogP contribution in [0.25, 0.3) is 0 Å². The van der Waals surface area contributed by atoms with Gasteiger partial charge in [0, 0.05) is 25.5 Å². The van der Waals surface area contributed by atoms with E-state index in [2.05, 4.69) is 18.9 Å². The van der Waals surface area contributed by atoms with E-state index in [0.29, 0.717) is 12.5 Å². The molecular weight excluding hydrogens is 206 g/mol. The molecule has 0 unspecified atom stereocenters. The Morgan fingerprint density at radius 1 is 1.56 bits per heavy atom. The maximum absolute atomic E-state index is 10.7. The molecule has 0 spiro atoms. The summed E-state index contributed by atoms with van der Waals surface area (Å²) in [6, 6.07) is 1.87. The Kier molecular flexibility index (Phi) is 4.98. The van der Waals surface area contributed by atoms with Crippen molar-refractivity contribution in [3.8, 4) is 0 Å². The Bertz CT molecular complexity index is 309. The Balaban J connectivity index is 2.40. The second-order valence-corrected chi connectivity index (χ2v) is 4.29. The smallest absolute Gasteiger partial charge is 0.317 e. The molecule has 5 nitrogen and oxygen atoms in total. The normalized spacial score (nSPS) is 11.2. The molecule has 0 fully saturated rings. The molecule has 0 radical (unpaired) electrons. The first-order valence-corrected chi connectivity index (χ1v) is 5.49. The van der Waals surface area contributed by atoms with E-state index in [4.69, 9.17) is 5.11 Å². The van der Waals surface area contributed by atoms with Gasteiger partial charge in [-0.3, -0.25) is 14.4 Å². The summed E-state index contributed by atoms with van der Waals surface area (Å²) >= 11 is 0. The van der Waals surface area contributed by atoms with Crippen LogP contribution >= 0.6 is 0 Å². The summed E-state index contributed by atoms with van der Waals surface area (Å²) in [5.41, 5.74) is 0. The van der Waals surface area contributed by atoms with Crippen LogP contribution in [0.2, 0.25) is 0 Å². The molecule has 16 heavy (non-hydrogen) atoms. The van der Waals surface area contributed by atoms with Gasteiger partial charge in [-0.25, -0.2) is 0 Å². The highest BCUT2D eigenvalue weighted by Crippen LogP contribution is 1.99. The first kappa shape index (κ1) is 12.7. The maximum Gasteiger partial charge on any atom is 0.317 e. The fourth-order valence-corrected chi connectivity index (χ4v) is 1.62. The van der Waals surface area contributed by atoms with E-state index in [0.717, 1.165) is 13.1 Å². The predicted molar refractivity (Wildman–Crippen MR) is 61.1 cm³/mol. The van der Waals surface area contributed by atoms with Crippen LogP contribution in [0, 0.1) is 5.92 Å². The molecule has 1 rings (SSSR count). The lowest BCUT2D eigenvalue weighted by Crippen LogP contribution is -2.35. The lowest BCUT2D eigenvalue weighted by molar-refractivity contribution is -0.138. The summed E-state index contributed by atoms with van der Waals surface area (Å²) in [6.45, 7) is 6.51. The van der Waals surface area contributed by atoms with Crippen LogP contribution < -0.4 is 0 Å². The number of carboxylic acids is 1. The average molecular weight is 225 g/mol. The fraction of sp³-hybridized carbons (Fsp3) is 0.636. The van der Waals surface area contributed by atoms with Crippen LogP contribution in [0.4, 0.5) is 0 Å². The van der Waals surface area contributed by atoms with Gasteiger partial charge in [-0.15, -0.1) is 0 Å². The molecule has 90 valence electrons. The Morgan fingerprint density at radius 3 is 2.81 bits per heavy atom. The third-order valence-corrected chi connectivity index (χ3v) is 2.19. The van der Waals surface area contributed by atoms with Crippen molar-refractivity contribution < 1.29 is 9.90 Å². The Labute approximate surface area is 95.7 Å². The lowest BCUT2D eigenvalue weighted by atomic mass is 10.2. The standard InChI is InChI=1S/C11H19N3O2/c1-10(2)8-13(9-11(15)16)6-7-14-5-3-4-12-14/h3-5,10H,6-9H2,1-2H3,(H,15,16). The molecule has 0 bridgehead atoms. The van der Waals surface area contributed by atoms with E-state index >= 15 is 0 Å². The van der Waals surface area contributed by atoms with Gasteiger partial charge in [0.15, 0.2) is 0 Å². The van der Waals surface area contributed by atoms with Crippen LogP contribution in [0.1, 0.15) is 13.8 Å². The highest BCUT2D eigenvalue weighted by Gasteiger charge is 2.11. The quantitative estimate of drug-likeness (QED) is 0.750. The maximum atomic E-state index is 10.7. The van der Waals surface area contributed by atoms with Gasteiger partial charge in [0.2, 0.25) is 0 Å². The minimum absolute atomic E-state index is 0.0967. The molecule has 1 N–H and O–H groups in total. The third-order valence-electron chi connectivity index (χ3n) is 2.19. The minimum atomic E-state index is -0.777. The summed E-state index contributed by atoms with van der Waals surface area (Å²) in [4.78, 5) is 12.6. The van der Waals surface area contributed by atoms with Gasteiger partial charge in [0.05, 0.1) is 13.1 Å². The van der Waals surface area contributed by atoms with Crippen molar-refractivity contribution in [2.45, 2.75) is 20.4 Å². The number of hydrogen-bond donors (Lipinski definition) is 1. The van der Waals surface area contributed by atoms with Crippen molar-refractivity contribution >= 4 is 5.97 Å². The van der Waals surface area contributed by atoms with Gasteiger partial charge in [-0.2, -0.15) is 5.10 Å². The number of nitrogens with zero attached hydrogens (tertiary/aromatic N) is 3. The zero-order chi connectivity index (χ0) is 12.0. The van der Waals surface area contributed by atoms with Crippen LogP contribution in [-0.4, -0.2) is 45.4 Å². The Morgan fingerprint density at radius 2 is 2.31 bits per heavy atom. The molecular formula is C11H19N3O2. The van der Waals surface area contributed by atoms with Crippen molar-refractivity contribution in [1.82, 2.24) is 14.7 Å². The lowest BCUT2D eigenvalue weighted by Gasteiger charge is -2.22. The van der Waals surface area contributed by atoms with Gasteiger partial charge in [0.1, 0.15) is 0 Å². The topological polar surface area (TPSA) is 58.4 Å². The minimum Gasteiger partial charge on any atom is -0.480 e. The van der Waals surface area contributed by atoms with Gasteiger partial charge in [-0.1, -0.05) is 13.8 Å². The largest absolute Gasteiger partial charge is 0.480 e. The van der Waals surface area contributed by atoms with Crippen LogP contribution in [0.5, 0.6) is 0 Å². The Hall–Kier alpha value is -1.36. The third kappa shape index (κ3) is 4.93. The second kappa shape index (κ2) is 6.27. The van der Waals surface area contributed by atoms with E-state index in [1.165, 1.54) is 0 Å². The monoisotopic (exact) mass is 225 g/mol. The van der Waals surface area contributed by atoms with Gasteiger partial charge >= 0.3 is 5.97 Å². The number of carboxylic acid groups (broad SMARTS) is 1. The fourth-order valence-electron chi connectivity index (χ4n) is 1.62. The van der Waals surface area contributed by atoms with Crippen molar-refractivity contribution in [1.29, 1.82) is 0 Å². The molecule has 1 aromatic heterocycles. The molecule has 0 amide bonds. The number of hydrogen-bond acceptors (Lipinski definition) is 3. The molecule has 0 saturated carbocycles. The van der Waals surface area contributed by atoms with Crippen LogP contribution in [-0.2, 0) is 11.3 Å². The average Bonchev–Trinajstić information content (AvgIpc) is 2.64. The molecule has 0 atom stereocenters. The summed E-state index contributed by atoms with van der Waals surface area (Å²) in [6.07, 6.45) is 3.61. The number of aliphatic carboxylic acids is 1.